The molecule has 194 valence electrons. The molecule has 0 unspecified atom stereocenters. The summed E-state index contributed by atoms with van der Waals surface area (Å²) in [6.45, 7) is 15.7. The molecule has 2 saturated heterocycles. The fourth-order valence-corrected chi connectivity index (χ4v) is 6.52. The van der Waals surface area contributed by atoms with Crippen LogP contribution in [0, 0.1) is 0 Å². The summed E-state index contributed by atoms with van der Waals surface area (Å²) in [5, 5.41) is 0.728. The van der Waals surface area contributed by atoms with E-state index < -0.39 is 0 Å². The van der Waals surface area contributed by atoms with Crippen LogP contribution in [0.1, 0.15) is 45.7 Å². The molecule has 3 heterocycles. The summed E-state index contributed by atoms with van der Waals surface area (Å²) in [5.41, 5.74) is 6.79. The number of nitrogens with zero attached hydrogens (tertiary/aromatic N) is 4. The van der Waals surface area contributed by atoms with E-state index in [9.17, 15) is 4.79 Å². The van der Waals surface area contributed by atoms with Crippen LogP contribution in [0.4, 0.5) is 17.1 Å². The van der Waals surface area contributed by atoms with E-state index >= 15 is 0 Å². The maximum absolute atomic E-state index is 13.3. The van der Waals surface area contributed by atoms with Gasteiger partial charge in [0.2, 0.25) is 0 Å². The third kappa shape index (κ3) is 5.07. The highest BCUT2D eigenvalue weighted by Gasteiger charge is 2.33. The van der Waals surface area contributed by atoms with Gasteiger partial charge in [-0.25, -0.2) is 4.99 Å². The predicted octanol–water partition coefficient (Wildman–Crippen LogP) is 6.17. The van der Waals surface area contributed by atoms with Gasteiger partial charge in [0.15, 0.2) is 5.17 Å². The molecule has 2 fully saturated rings. The van der Waals surface area contributed by atoms with Crippen molar-refractivity contribution in [3.05, 3.63) is 64.6 Å². The van der Waals surface area contributed by atoms with Gasteiger partial charge in [-0.15, -0.1) is 0 Å². The van der Waals surface area contributed by atoms with Gasteiger partial charge in [0.05, 0.1) is 29.3 Å². The van der Waals surface area contributed by atoms with Crippen LogP contribution in [0.15, 0.2) is 58.4 Å². The van der Waals surface area contributed by atoms with Gasteiger partial charge in [-0.1, -0.05) is 12.1 Å². The minimum absolute atomic E-state index is 0.0116. The Morgan fingerprint density at radius 2 is 1.78 bits per heavy atom. The molecular formula is C30H36N4O2S. The van der Waals surface area contributed by atoms with E-state index in [1.807, 2.05) is 25.1 Å². The summed E-state index contributed by atoms with van der Waals surface area (Å²) in [6.07, 6.45) is 4.34. The number of hydrogen-bond donors (Lipinski definition) is 0. The zero-order chi connectivity index (χ0) is 26.2. The number of hydrogen-bond acceptors (Lipinski definition) is 6. The van der Waals surface area contributed by atoms with Gasteiger partial charge >= 0.3 is 0 Å². The number of aliphatic imine (C=N–C) groups is 1. The Kier molecular flexibility index (Phi) is 7.19. The number of likely N-dealkylation sites (N-methyl/N-ethyl adjacent to an activating group) is 2. The van der Waals surface area contributed by atoms with Crippen molar-refractivity contribution < 1.29 is 9.53 Å². The van der Waals surface area contributed by atoms with E-state index in [0.717, 1.165) is 49.3 Å². The molecule has 5 rings (SSSR count). The van der Waals surface area contributed by atoms with Gasteiger partial charge in [-0.05, 0) is 100.0 Å². The fraction of sp³-hybridized carbons (Fsp3) is 0.400. The van der Waals surface area contributed by atoms with Gasteiger partial charge in [-0.3, -0.25) is 9.69 Å². The predicted molar refractivity (Wildman–Crippen MR) is 157 cm³/mol. The molecule has 0 aliphatic carbocycles. The van der Waals surface area contributed by atoms with Gasteiger partial charge < -0.3 is 14.5 Å². The molecule has 0 saturated carbocycles. The van der Waals surface area contributed by atoms with Crippen LogP contribution in [-0.4, -0.2) is 60.9 Å². The fourth-order valence-electron chi connectivity index (χ4n) is 5.46. The minimum Gasteiger partial charge on any atom is -0.378 e. The molecule has 0 bridgehead atoms. The SMILES string of the molecule is CCN1C(=O)/C(=C\c2ccc3c(c2)C(C)=CC(C)(C)N3CC)SC1=Nc1ccc(N2CCOCC2)cc1. The van der Waals surface area contributed by atoms with Crippen molar-refractivity contribution in [3.63, 3.8) is 0 Å². The lowest BCUT2D eigenvalue weighted by Gasteiger charge is -2.42. The molecule has 0 spiro atoms. The lowest BCUT2D eigenvalue weighted by molar-refractivity contribution is -0.122. The number of rotatable bonds is 5. The second kappa shape index (κ2) is 10.4. The number of amidine groups is 1. The van der Waals surface area contributed by atoms with E-state index in [1.54, 1.807) is 4.90 Å². The molecule has 2 aromatic rings. The monoisotopic (exact) mass is 516 g/mol. The Hall–Kier alpha value is -3.03. The summed E-state index contributed by atoms with van der Waals surface area (Å²) in [7, 11) is 0. The highest BCUT2D eigenvalue weighted by Crippen LogP contribution is 2.40. The smallest absolute Gasteiger partial charge is 0.266 e. The van der Waals surface area contributed by atoms with E-state index in [1.165, 1.54) is 34.3 Å². The zero-order valence-corrected chi connectivity index (χ0v) is 23.3. The molecule has 6 nitrogen and oxygen atoms in total. The largest absolute Gasteiger partial charge is 0.378 e. The van der Waals surface area contributed by atoms with Crippen LogP contribution in [0.3, 0.4) is 0 Å². The van der Waals surface area contributed by atoms with Gasteiger partial charge in [0, 0.05) is 43.1 Å². The molecule has 3 aliphatic rings. The molecule has 7 heteroatoms. The number of thioether (sulfide) groups is 1. The average Bonchev–Trinajstić information content (AvgIpc) is 3.18. The average molecular weight is 517 g/mol. The maximum Gasteiger partial charge on any atom is 0.266 e. The topological polar surface area (TPSA) is 48.4 Å². The number of benzene rings is 2. The Morgan fingerprint density at radius 3 is 2.46 bits per heavy atom. The number of fused-ring (bicyclic) bond motifs is 1. The summed E-state index contributed by atoms with van der Waals surface area (Å²) in [5.74, 6) is 0.0116. The lowest BCUT2D eigenvalue weighted by Crippen LogP contribution is -2.44. The summed E-state index contributed by atoms with van der Waals surface area (Å²) in [6, 6.07) is 14.8. The van der Waals surface area contributed by atoms with Crippen LogP contribution in [0.25, 0.3) is 11.6 Å². The number of carbonyl (C=O) groups excluding carboxylic acids is 1. The highest BCUT2D eigenvalue weighted by atomic mass is 32.2. The van der Waals surface area contributed by atoms with Crippen molar-refractivity contribution in [2.24, 2.45) is 4.99 Å². The number of anilines is 2. The summed E-state index contributed by atoms with van der Waals surface area (Å²) in [4.78, 5) is 25.3. The first-order valence-electron chi connectivity index (χ1n) is 13.1. The first-order valence-corrected chi connectivity index (χ1v) is 14.0. The summed E-state index contributed by atoms with van der Waals surface area (Å²) >= 11 is 1.45. The van der Waals surface area contributed by atoms with E-state index in [2.05, 4.69) is 73.9 Å². The van der Waals surface area contributed by atoms with Gasteiger partial charge in [-0.2, -0.15) is 0 Å². The highest BCUT2D eigenvalue weighted by molar-refractivity contribution is 8.18. The van der Waals surface area contributed by atoms with Crippen molar-refractivity contribution in [1.29, 1.82) is 0 Å². The number of allylic oxidation sites excluding steroid dienone is 1. The van der Waals surface area contributed by atoms with E-state index in [-0.39, 0.29) is 11.4 Å². The van der Waals surface area contributed by atoms with Crippen LogP contribution >= 0.6 is 11.8 Å². The normalized spacial score (nSPS) is 21.6. The third-order valence-corrected chi connectivity index (χ3v) is 8.28. The van der Waals surface area contributed by atoms with Crippen molar-refractivity contribution in [2.75, 3.05) is 49.2 Å². The lowest BCUT2D eigenvalue weighted by atomic mass is 9.88. The second-order valence-corrected chi connectivity index (χ2v) is 11.2. The molecule has 3 aliphatic heterocycles. The Labute approximate surface area is 224 Å². The first kappa shape index (κ1) is 25.6. The molecule has 2 aromatic carbocycles. The Balaban J connectivity index is 1.39. The first-order chi connectivity index (χ1) is 17.8. The van der Waals surface area contributed by atoms with Crippen LogP contribution < -0.4 is 9.80 Å². The van der Waals surface area contributed by atoms with Crippen molar-refractivity contribution in [2.45, 2.75) is 40.2 Å². The van der Waals surface area contributed by atoms with Crippen LogP contribution in [0.5, 0.6) is 0 Å². The zero-order valence-electron chi connectivity index (χ0n) is 22.5. The number of morpholine rings is 1. The van der Waals surface area contributed by atoms with E-state index in [0.29, 0.717) is 11.4 Å². The van der Waals surface area contributed by atoms with Crippen molar-refractivity contribution in [3.8, 4) is 0 Å². The van der Waals surface area contributed by atoms with Crippen LogP contribution in [-0.2, 0) is 9.53 Å². The van der Waals surface area contributed by atoms with Gasteiger partial charge in [0.1, 0.15) is 0 Å². The Bertz CT molecular complexity index is 1270. The molecule has 0 radical (unpaired) electrons. The molecule has 1 amide bonds. The Morgan fingerprint density at radius 1 is 1.05 bits per heavy atom. The number of ether oxygens (including phenoxy) is 1. The summed E-state index contributed by atoms with van der Waals surface area (Å²) < 4.78 is 5.46. The van der Waals surface area contributed by atoms with Gasteiger partial charge in [0.25, 0.3) is 5.91 Å². The molecule has 0 aromatic heterocycles. The van der Waals surface area contributed by atoms with E-state index in [4.69, 9.17) is 9.73 Å². The molecule has 0 atom stereocenters. The third-order valence-electron chi connectivity index (χ3n) is 7.27. The second-order valence-electron chi connectivity index (χ2n) is 10.2. The van der Waals surface area contributed by atoms with Crippen molar-refractivity contribution in [1.82, 2.24) is 4.90 Å². The number of amides is 1. The standard InChI is InChI=1S/C30H36N4O2S/c1-6-33-28(35)27(19-22-8-13-26-25(18-22)21(3)20-30(4,5)34(26)7-2)37-29(33)31-23-9-11-24(12-10-23)32-14-16-36-17-15-32/h8-13,18-20H,6-7,14-17H2,1-5H3/b27-19+,31-29?. The molecule has 37 heavy (non-hydrogen) atoms. The van der Waals surface area contributed by atoms with Crippen LogP contribution in [0.2, 0.25) is 0 Å². The maximum atomic E-state index is 13.3. The number of carbonyl (C=O) groups is 1. The molecular weight excluding hydrogens is 480 g/mol. The quantitative estimate of drug-likeness (QED) is 0.445. The van der Waals surface area contributed by atoms with Crippen molar-refractivity contribution >= 4 is 51.5 Å². The molecule has 0 N–H and O–H groups in total. The minimum atomic E-state index is -0.0174.